The SMILES string of the molecule is NC1CCCN(CCC=O)C1. The van der Waals surface area contributed by atoms with Gasteiger partial charge in [-0.15, -0.1) is 0 Å². The highest BCUT2D eigenvalue weighted by Crippen LogP contribution is 2.07. The number of carbonyl (C=O) groups is 1. The van der Waals surface area contributed by atoms with E-state index in [-0.39, 0.29) is 0 Å². The van der Waals surface area contributed by atoms with Crippen molar-refractivity contribution in [1.82, 2.24) is 4.90 Å². The van der Waals surface area contributed by atoms with Gasteiger partial charge >= 0.3 is 0 Å². The van der Waals surface area contributed by atoms with Crippen LogP contribution >= 0.6 is 0 Å². The van der Waals surface area contributed by atoms with E-state index in [1.807, 2.05) is 0 Å². The predicted molar refractivity (Wildman–Crippen MR) is 44.3 cm³/mol. The van der Waals surface area contributed by atoms with E-state index in [0.717, 1.165) is 32.3 Å². The van der Waals surface area contributed by atoms with Crippen LogP contribution in [0.5, 0.6) is 0 Å². The van der Waals surface area contributed by atoms with E-state index in [2.05, 4.69) is 4.90 Å². The lowest BCUT2D eigenvalue weighted by Crippen LogP contribution is -2.43. The van der Waals surface area contributed by atoms with Gasteiger partial charge in [0.05, 0.1) is 0 Å². The molecule has 3 heteroatoms. The zero-order chi connectivity index (χ0) is 8.10. The third-order valence-corrected chi connectivity index (χ3v) is 2.11. The lowest BCUT2D eigenvalue weighted by molar-refractivity contribution is -0.108. The minimum Gasteiger partial charge on any atom is -0.327 e. The molecule has 0 aliphatic carbocycles. The first-order valence-corrected chi connectivity index (χ1v) is 4.24. The Labute approximate surface area is 67.5 Å². The van der Waals surface area contributed by atoms with Crippen LogP contribution in [0.25, 0.3) is 0 Å². The molecule has 0 aromatic rings. The zero-order valence-electron chi connectivity index (χ0n) is 6.83. The summed E-state index contributed by atoms with van der Waals surface area (Å²) in [5, 5.41) is 0. The van der Waals surface area contributed by atoms with Crippen molar-refractivity contribution in [3.63, 3.8) is 0 Å². The highest BCUT2D eigenvalue weighted by atomic mass is 16.1. The zero-order valence-corrected chi connectivity index (χ0v) is 6.83. The van der Waals surface area contributed by atoms with Gasteiger partial charge in [0, 0.05) is 25.6 Å². The van der Waals surface area contributed by atoms with Gasteiger partial charge in [-0.05, 0) is 19.4 Å². The molecule has 0 bridgehead atoms. The van der Waals surface area contributed by atoms with E-state index in [1.54, 1.807) is 0 Å². The van der Waals surface area contributed by atoms with Gasteiger partial charge in [0.25, 0.3) is 0 Å². The number of piperidine rings is 1. The summed E-state index contributed by atoms with van der Waals surface area (Å²) in [6, 6.07) is 0.329. The second-order valence-corrected chi connectivity index (χ2v) is 3.16. The molecule has 1 unspecified atom stereocenters. The van der Waals surface area contributed by atoms with Gasteiger partial charge < -0.3 is 15.4 Å². The van der Waals surface area contributed by atoms with Crippen molar-refractivity contribution < 1.29 is 4.79 Å². The number of nitrogens with zero attached hydrogens (tertiary/aromatic N) is 1. The lowest BCUT2D eigenvalue weighted by Gasteiger charge is -2.29. The Bertz CT molecular complexity index is 127. The Morgan fingerprint density at radius 2 is 2.45 bits per heavy atom. The summed E-state index contributed by atoms with van der Waals surface area (Å²) < 4.78 is 0. The molecule has 1 heterocycles. The van der Waals surface area contributed by atoms with E-state index in [9.17, 15) is 4.79 Å². The molecule has 1 atom stereocenters. The van der Waals surface area contributed by atoms with Crippen LogP contribution in [0, 0.1) is 0 Å². The topological polar surface area (TPSA) is 46.3 Å². The molecular formula is C8H16N2O. The van der Waals surface area contributed by atoms with Crippen molar-refractivity contribution in [2.24, 2.45) is 5.73 Å². The molecule has 1 aliphatic rings. The van der Waals surface area contributed by atoms with Crippen molar-refractivity contribution in [2.45, 2.75) is 25.3 Å². The molecular weight excluding hydrogens is 140 g/mol. The van der Waals surface area contributed by atoms with Gasteiger partial charge in [0.2, 0.25) is 0 Å². The molecule has 64 valence electrons. The van der Waals surface area contributed by atoms with Crippen LogP contribution in [-0.2, 0) is 4.79 Å². The first-order valence-electron chi connectivity index (χ1n) is 4.24. The van der Waals surface area contributed by atoms with Crippen molar-refractivity contribution >= 4 is 6.29 Å². The molecule has 1 fully saturated rings. The number of carbonyl (C=O) groups excluding carboxylic acids is 1. The maximum atomic E-state index is 10.1. The third kappa shape index (κ3) is 2.99. The summed E-state index contributed by atoms with van der Waals surface area (Å²) in [7, 11) is 0. The molecule has 1 rings (SSSR count). The van der Waals surface area contributed by atoms with Crippen molar-refractivity contribution in [3.05, 3.63) is 0 Å². The predicted octanol–water partition coefficient (Wildman–Crippen LogP) is -0.00150. The third-order valence-electron chi connectivity index (χ3n) is 2.11. The first-order chi connectivity index (χ1) is 5.33. The maximum Gasteiger partial charge on any atom is 0.121 e. The number of rotatable bonds is 3. The summed E-state index contributed by atoms with van der Waals surface area (Å²) >= 11 is 0. The Kier molecular flexibility index (Phi) is 3.52. The van der Waals surface area contributed by atoms with Crippen LogP contribution in [-0.4, -0.2) is 36.9 Å². The fraction of sp³-hybridized carbons (Fsp3) is 0.875. The van der Waals surface area contributed by atoms with E-state index >= 15 is 0 Å². The van der Waals surface area contributed by atoms with Crippen LogP contribution < -0.4 is 5.73 Å². The van der Waals surface area contributed by atoms with Crippen LogP contribution in [0.4, 0.5) is 0 Å². The Morgan fingerprint density at radius 3 is 3.09 bits per heavy atom. The Hall–Kier alpha value is -0.410. The molecule has 0 radical (unpaired) electrons. The van der Waals surface area contributed by atoms with E-state index in [4.69, 9.17) is 5.73 Å². The molecule has 3 nitrogen and oxygen atoms in total. The fourth-order valence-corrected chi connectivity index (χ4v) is 1.53. The molecule has 0 spiro atoms. The highest BCUT2D eigenvalue weighted by Gasteiger charge is 2.15. The summed E-state index contributed by atoms with van der Waals surface area (Å²) in [6.07, 6.45) is 3.93. The van der Waals surface area contributed by atoms with Gasteiger partial charge in [0.15, 0.2) is 0 Å². The summed E-state index contributed by atoms with van der Waals surface area (Å²) in [4.78, 5) is 12.3. The van der Waals surface area contributed by atoms with Gasteiger partial charge in [-0.1, -0.05) is 0 Å². The van der Waals surface area contributed by atoms with Crippen LogP contribution in [0.3, 0.4) is 0 Å². The summed E-state index contributed by atoms with van der Waals surface area (Å²) in [6.45, 7) is 2.96. The maximum absolute atomic E-state index is 10.1. The fourth-order valence-electron chi connectivity index (χ4n) is 1.53. The van der Waals surface area contributed by atoms with Crippen LogP contribution in [0.1, 0.15) is 19.3 Å². The molecule has 11 heavy (non-hydrogen) atoms. The minimum absolute atomic E-state index is 0.329. The van der Waals surface area contributed by atoms with Crippen LogP contribution in [0.15, 0.2) is 0 Å². The van der Waals surface area contributed by atoms with Gasteiger partial charge in [-0.25, -0.2) is 0 Å². The lowest BCUT2D eigenvalue weighted by atomic mass is 10.1. The molecule has 0 saturated carbocycles. The van der Waals surface area contributed by atoms with Gasteiger partial charge in [0.1, 0.15) is 6.29 Å². The number of nitrogens with two attached hydrogens (primary N) is 1. The second-order valence-electron chi connectivity index (χ2n) is 3.16. The molecule has 1 saturated heterocycles. The molecule has 0 amide bonds. The molecule has 1 aliphatic heterocycles. The minimum atomic E-state index is 0.329. The van der Waals surface area contributed by atoms with E-state index in [1.165, 1.54) is 6.42 Å². The molecule has 0 aromatic heterocycles. The summed E-state index contributed by atoms with van der Waals surface area (Å²) in [5.74, 6) is 0. The van der Waals surface area contributed by atoms with E-state index < -0.39 is 0 Å². The largest absolute Gasteiger partial charge is 0.327 e. The molecule has 0 aromatic carbocycles. The van der Waals surface area contributed by atoms with Crippen molar-refractivity contribution in [3.8, 4) is 0 Å². The Balaban J connectivity index is 2.17. The average molecular weight is 156 g/mol. The average Bonchev–Trinajstić information content (AvgIpc) is 2.01. The van der Waals surface area contributed by atoms with E-state index in [0.29, 0.717) is 12.5 Å². The number of aldehydes is 1. The second kappa shape index (κ2) is 4.46. The summed E-state index contributed by atoms with van der Waals surface area (Å²) in [5.41, 5.74) is 5.77. The normalized spacial score (nSPS) is 26.8. The van der Waals surface area contributed by atoms with Crippen molar-refractivity contribution in [1.29, 1.82) is 0 Å². The monoisotopic (exact) mass is 156 g/mol. The number of hydrogen-bond donors (Lipinski definition) is 1. The number of likely N-dealkylation sites (tertiary alicyclic amines) is 1. The number of hydrogen-bond acceptors (Lipinski definition) is 3. The highest BCUT2D eigenvalue weighted by molar-refractivity contribution is 5.49. The van der Waals surface area contributed by atoms with Crippen LogP contribution in [0.2, 0.25) is 0 Å². The smallest absolute Gasteiger partial charge is 0.121 e. The molecule has 2 N–H and O–H groups in total. The van der Waals surface area contributed by atoms with Gasteiger partial charge in [-0.2, -0.15) is 0 Å². The first kappa shape index (κ1) is 8.68. The quantitative estimate of drug-likeness (QED) is 0.585. The van der Waals surface area contributed by atoms with Crippen molar-refractivity contribution in [2.75, 3.05) is 19.6 Å². The van der Waals surface area contributed by atoms with Gasteiger partial charge in [-0.3, -0.25) is 0 Å². The Morgan fingerprint density at radius 1 is 1.64 bits per heavy atom. The standard InChI is InChI=1S/C8H16N2O/c9-8-3-1-4-10(7-8)5-2-6-11/h6,8H,1-5,7,9H2.